The average Bonchev–Trinajstić information content (AvgIpc) is 3.17. The van der Waals surface area contributed by atoms with E-state index in [2.05, 4.69) is 15.5 Å². The van der Waals surface area contributed by atoms with Crippen LogP contribution in [-0.2, 0) is 17.8 Å². The highest BCUT2D eigenvalue weighted by Crippen LogP contribution is 2.17. The zero-order chi connectivity index (χ0) is 20.5. The molecule has 3 aromatic rings. The van der Waals surface area contributed by atoms with Gasteiger partial charge in [-0.15, -0.1) is 0 Å². The number of rotatable bonds is 11. The van der Waals surface area contributed by atoms with Crippen molar-refractivity contribution in [2.45, 2.75) is 25.6 Å². The second-order valence-electron chi connectivity index (χ2n) is 7.23. The standard InChI is InChI=1S/C24H29FN2O2/c1-29-16-8-14-26(19-24(28)20-9-3-2-4-10-20)18-22-12-7-15-27(22)17-21-11-5-6-13-23(21)25/h2-7,9-13,15,24,28H,8,14,16-19H2,1H3/t24-/m0/s1. The second kappa shape index (κ2) is 10.9. The summed E-state index contributed by atoms with van der Waals surface area (Å²) in [6.07, 6.45) is 2.29. The van der Waals surface area contributed by atoms with Crippen LogP contribution in [0.4, 0.5) is 4.39 Å². The molecule has 29 heavy (non-hydrogen) atoms. The molecule has 5 heteroatoms. The summed E-state index contributed by atoms with van der Waals surface area (Å²) < 4.78 is 21.3. The molecule has 4 nitrogen and oxygen atoms in total. The number of hydrogen-bond donors (Lipinski definition) is 1. The molecule has 1 atom stereocenters. The zero-order valence-corrected chi connectivity index (χ0v) is 16.9. The third-order valence-corrected chi connectivity index (χ3v) is 5.05. The van der Waals surface area contributed by atoms with Crippen LogP contribution in [0.3, 0.4) is 0 Å². The maximum absolute atomic E-state index is 14.1. The molecule has 0 saturated heterocycles. The Bertz CT molecular complexity index is 866. The molecular formula is C24H29FN2O2. The molecule has 0 amide bonds. The maximum atomic E-state index is 14.1. The van der Waals surface area contributed by atoms with Crippen molar-refractivity contribution in [1.82, 2.24) is 9.47 Å². The molecule has 2 aromatic carbocycles. The van der Waals surface area contributed by atoms with Gasteiger partial charge in [-0.1, -0.05) is 48.5 Å². The summed E-state index contributed by atoms with van der Waals surface area (Å²) in [4.78, 5) is 2.23. The molecule has 0 radical (unpaired) electrons. The van der Waals surface area contributed by atoms with E-state index in [1.54, 1.807) is 13.2 Å². The lowest BCUT2D eigenvalue weighted by atomic mass is 10.1. The van der Waals surface area contributed by atoms with Gasteiger partial charge in [0.15, 0.2) is 0 Å². The van der Waals surface area contributed by atoms with Crippen LogP contribution in [0.2, 0.25) is 0 Å². The van der Waals surface area contributed by atoms with E-state index in [0.29, 0.717) is 31.8 Å². The molecule has 0 aliphatic heterocycles. The molecule has 0 aliphatic carbocycles. The Kier molecular flexibility index (Phi) is 7.99. The number of nitrogens with zero attached hydrogens (tertiary/aromatic N) is 2. The number of ether oxygens (including phenoxy) is 1. The fourth-order valence-electron chi connectivity index (χ4n) is 3.48. The number of hydrogen-bond acceptors (Lipinski definition) is 3. The molecule has 1 N–H and O–H groups in total. The summed E-state index contributed by atoms with van der Waals surface area (Å²) in [5.74, 6) is -0.191. The van der Waals surface area contributed by atoms with Gasteiger partial charge in [0.05, 0.1) is 12.6 Å². The van der Waals surface area contributed by atoms with Crippen LogP contribution in [0.1, 0.15) is 29.3 Å². The number of aliphatic hydroxyl groups is 1. The van der Waals surface area contributed by atoms with Gasteiger partial charge in [0.1, 0.15) is 5.82 Å². The fraction of sp³-hybridized carbons (Fsp3) is 0.333. The predicted octanol–water partition coefficient (Wildman–Crippen LogP) is 4.25. The summed E-state index contributed by atoms with van der Waals surface area (Å²) in [5.41, 5.74) is 2.66. The lowest BCUT2D eigenvalue weighted by Gasteiger charge is -2.26. The third-order valence-electron chi connectivity index (χ3n) is 5.05. The van der Waals surface area contributed by atoms with E-state index in [0.717, 1.165) is 24.2 Å². The molecule has 0 fully saturated rings. The molecule has 0 spiro atoms. The SMILES string of the molecule is COCCCN(Cc1cccn1Cc1ccccc1F)C[C@H](O)c1ccccc1. The van der Waals surface area contributed by atoms with Crippen molar-refractivity contribution >= 4 is 0 Å². The molecule has 3 rings (SSSR count). The van der Waals surface area contributed by atoms with Crippen molar-refractivity contribution in [1.29, 1.82) is 0 Å². The van der Waals surface area contributed by atoms with Gasteiger partial charge < -0.3 is 14.4 Å². The average molecular weight is 397 g/mol. The van der Waals surface area contributed by atoms with Crippen molar-refractivity contribution in [2.75, 3.05) is 26.8 Å². The van der Waals surface area contributed by atoms with E-state index < -0.39 is 6.10 Å². The van der Waals surface area contributed by atoms with Gasteiger partial charge in [-0.2, -0.15) is 0 Å². The Balaban J connectivity index is 1.70. The molecule has 1 heterocycles. The first kappa shape index (κ1) is 21.2. The monoisotopic (exact) mass is 396 g/mol. The van der Waals surface area contributed by atoms with E-state index in [4.69, 9.17) is 4.74 Å². The topological polar surface area (TPSA) is 37.6 Å². The Hall–Kier alpha value is -2.47. The van der Waals surface area contributed by atoms with Crippen LogP contribution in [0.15, 0.2) is 72.9 Å². The largest absolute Gasteiger partial charge is 0.387 e. The van der Waals surface area contributed by atoms with Gasteiger partial charge in [0.2, 0.25) is 0 Å². The highest BCUT2D eigenvalue weighted by Gasteiger charge is 2.16. The van der Waals surface area contributed by atoms with Crippen molar-refractivity contribution in [2.24, 2.45) is 0 Å². The number of aromatic nitrogens is 1. The first-order valence-electron chi connectivity index (χ1n) is 9.99. The predicted molar refractivity (Wildman–Crippen MR) is 113 cm³/mol. The van der Waals surface area contributed by atoms with Gasteiger partial charge in [0, 0.05) is 50.8 Å². The Morgan fingerprint density at radius 1 is 1.03 bits per heavy atom. The summed E-state index contributed by atoms with van der Waals surface area (Å²) in [6, 6.07) is 20.6. The summed E-state index contributed by atoms with van der Waals surface area (Å²) >= 11 is 0. The maximum Gasteiger partial charge on any atom is 0.128 e. The van der Waals surface area contributed by atoms with Crippen molar-refractivity contribution in [3.8, 4) is 0 Å². The third kappa shape index (κ3) is 6.26. The smallest absolute Gasteiger partial charge is 0.128 e. The molecule has 1 aromatic heterocycles. The Morgan fingerprint density at radius 2 is 1.79 bits per heavy atom. The first-order valence-corrected chi connectivity index (χ1v) is 9.99. The van der Waals surface area contributed by atoms with Gasteiger partial charge in [0.25, 0.3) is 0 Å². The highest BCUT2D eigenvalue weighted by molar-refractivity contribution is 5.20. The molecule has 154 valence electrons. The van der Waals surface area contributed by atoms with Crippen LogP contribution in [0.25, 0.3) is 0 Å². The lowest BCUT2D eigenvalue weighted by Crippen LogP contribution is -2.31. The highest BCUT2D eigenvalue weighted by atomic mass is 19.1. The first-order chi connectivity index (χ1) is 14.2. The second-order valence-corrected chi connectivity index (χ2v) is 7.23. The Labute approximate surface area is 172 Å². The molecule has 0 bridgehead atoms. The summed E-state index contributed by atoms with van der Waals surface area (Å²) in [7, 11) is 1.70. The summed E-state index contributed by atoms with van der Waals surface area (Å²) in [5, 5.41) is 10.7. The van der Waals surface area contributed by atoms with E-state index in [9.17, 15) is 9.50 Å². The minimum absolute atomic E-state index is 0.191. The Morgan fingerprint density at radius 3 is 2.55 bits per heavy atom. The van der Waals surface area contributed by atoms with Gasteiger partial charge >= 0.3 is 0 Å². The van der Waals surface area contributed by atoms with E-state index in [-0.39, 0.29) is 5.82 Å². The number of methoxy groups -OCH3 is 1. The van der Waals surface area contributed by atoms with E-state index in [1.165, 1.54) is 6.07 Å². The minimum atomic E-state index is -0.561. The molecule has 0 aliphatic rings. The van der Waals surface area contributed by atoms with Crippen molar-refractivity contribution in [3.63, 3.8) is 0 Å². The molecular weight excluding hydrogens is 367 g/mol. The molecule has 0 unspecified atom stereocenters. The number of aliphatic hydroxyl groups excluding tert-OH is 1. The lowest BCUT2D eigenvalue weighted by molar-refractivity contribution is 0.0983. The van der Waals surface area contributed by atoms with Crippen LogP contribution < -0.4 is 0 Å². The van der Waals surface area contributed by atoms with Gasteiger partial charge in [-0.3, -0.25) is 4.90 Å². The van der Waals surface area contributed by atoms with Crippen LogP contribution >= 0.6 is 0 Å². The minimum Gasteiger partial charge on any atom is -0.387 e. The van der Waals surface area contributed by atoms with Crippen molar-refractivity contribution < 1.29 is 14.2 Å². The van der Waals surface area contributed by atoms with Crippen LogP contribution in [0, 0.1) is 5.82 Å². The quantitative estimate of drug-likeness (QED) is 0.493. The fourth-order valence-corrected chi connectivity index (χ4v) is 3.48. The van der Waals surface area contributed by atoms with E-state index >= 15 is 0 Å². The normalized spacial score (nSPS) is 12.4. The van der Waals surface area contributed by atoms with Gasteiger partial charge in [-0.25, -0.2) is 4.39 Å². The molecule has 0 saturated carbocycles. The zero-order valence-electron chi connectivity index (χ0n) is 16.9. The van der Waals surface area contributed by atoms with Crippen molar-refractivity contribution in [3.05, 3.63) is 95.6 Å². The van der Waals surface area contributed by atoms with Gasteiger partial charge in [-0.05, 0) is 30.2 Å². The summed E-state index contributed by atoms with van der Waals surface area (Å²) in [6.45, 7) is 3.17. The number of benzene rings is 2. The van der Waals surface area contributed by atoms with E-state index in [1.807, 2.05) is 54.7 Å². The van der Waals surface area contributed by atoms with Crippen LogP contribution in [-0.4, -0.2) is 41.4 Å². The van der Waals surface area contributed by atoms with Crippen LogP contribution in [0.5, 0.6) is 0 Å². The number of halogens is 1.